The Labute approximate surface area is 195 Å². The lowest BCUT2D eigenvalue weighted by Crippen LogP contribution is -2.36. The summed E-state index contributed by atoms with van der Waals surface area (Å²) in [6.07, 6.45) is -5.34. The molecule has 0 bridgehead atoms. The second-order valence-corrected chi connectivity index (χ2v) is 8.58. The number of hydrogen-bond acceptors (Lipinski definition) is 8. The fourth-order valence-corrected chi connectivity index (χ4v) is 4.67. The van der Waals surface area contributed by atoms with Crippen LogP contribution in [0.5, 0.6) is 5.75 Å². The number of thiazole rings is 1. The van der Waals surface area contributed by atoms with Crippen LogP contribution >= 0.6 is 22.9 Å². The van der Waals surface area contributed by atoms with Crippen LogP contribution in [0.25, 0.3) is 21.5 Å². The van der Waals surface area contributed by atoms with Crippen LogP contribution in [-0.2, 0) is 25.3 Å². The van der Waals surface area contributed by atoms with E-state index in [0.717, 1.165) is 39.6 Å². The first kappa shape index (κ1) is 23.6. The number of benzene rings is 1. The third-order valence-corrected chi connectivity index (χ3v) is 6.39. The van der Waals surface area contributed by atoms with E-state index in [9.17, 15) is 31.9 Å². The van der Waals surface area contributed by atoms with Crippen molar-refractivity contribution in [2.45, 2.75) is 12.8 Å². The van der Waals surface area contributed by atoms with E-state index in [0.29, 0.717) is 4.83 Å². The predicted molar refractivity (Wildman–Crippen MR) is 117 cm³/mol. The highest BCUT2D eigenvalue weighted by Gasteiger charge is 2.32. The van der Waals surface area contributed by atoms with Gasteiger partial charge in [-0.15, -0.1) is 24.5 Å². The number of anilines is 1. The molecule has 0 aliphatic rings. The van der Waals surface area contributed by atoms with Crippen molar-refractivity contribution < 1.29 is 27.1 Å². The van der Waals surface area contributed by atoms with Crippen molar-refractivity contribution in [2.75, 3.05) is 5.32 Å². The molecule has 0 aliphatic heterocycles. The first-order valence-electron chi connectivity index (χ1n) is 9.30. The number of halogens is 4. The monoisotopic (exact) mass is 515 g/mol. The van der Waals surface area contributed by atoms with Crippen molar-refractivity contribution in [2.24, 2.45) is 14.1 Å². The van der Waals surface area contributed by atoms with Crippen LogP contribution in [0.1, 0.15) is 5.69 Å². The molecule has 0 radical (unpaired) electrons. The number of nitrogens with zero attached hydrogens (tertiary/aromatic N) is 4. The molecule has 0 fully saturated rings. The molecule has 178 valence electrons. The standard InChI is InChI=1S/C19H13F4N5O4S2/c1-27-15(30)14-10(26-34-16(14)28(2)18(27)31)6-13(29)25-17-24-11(7-33-17)8-3-4-9(20)12(5-8)32-19(21,22)23/h3-5,7H,6H2,1-2H3,(H,24,25,29). The zero-order valence-corrected chi connectivity index (χ0v) is 18.9. The average molecular weight is 515 g/mol. The van der Waals surface area contributed by atoms with E-state index in [1.165, 1.54) is 30.1 Å². The number of ether oxygens (including phenoxy) is 1. The maximum Gasteiger partial charge on any atom is 0.573 e. The van der Waals surface area contributed by atoms with E-state index < -0.39 is 35.1 Å². The topological polar surface area (TPSA) is 108 Å². The Bertz CT molecular complexity index is 1540. The quantitative estimate of drug-likeness (QED) is 0.410. The normalized spacial score (nSPS) is 11.7. The Morgan fingerprint density at radius 2 is 1.94 bits per heavy atom. The Balaban J connectivity index is 1.54. The van der Waals surface area contributed by atoms with Crippen LogP contribution in [0.3, 0.4) is 0 Å². The number of nitrogens with one attached hydrogen (secondary N) is 1. The largest absolute Gasteiger partial charge is 0.573 e. The molecule has 4 rings (SSSR count). The van der Waals surface area contributed by atoms with Crippen LogP contribution in [-0.4, -0.2) is 30.8 Å². The Hall–Kier alpha value is -3.59. The van der Waals surface area contributed by atoms with Gasteiger partial charge in [-0.05, 0) is 29.7 Å². The summed E-state index contributed by atoms with van der Waals surface area (Å²) in [6, 6.07) is 2.89. The lowest BCUT2D eigenvalue weighted by molar-refractivity contribution is -0.275. The van der Waals surface area contributed by atoms with Gasteiger partial charge in [0.1, 0.15) is 4.83 Å². The fraction of sp³-hybridized carbons (Fsp3) is 0.211. The number of hydrogen-bond donors (Lipinski definition) is 1. The van der Waals surface area contributed by atoms with Crippen molar-refractivity contribution in [3.63, 3.8) is 0 Å². The Morgan fingerprint density at radius 3 is 2.65 bits per heavy atom. The molecule has 3 heterocycles. The highest BCUT2D eigenvalue weighted by atomic mass is 32.1. The Kier molecular flexibility index (Phi) is 5.99. The van der Waals surface area contributed by atoms with Gasteiger partial charge in [-0.2, -0.15) is 4.37 Å². The molecule has 0 saturated heterocycles. The lowest BCUT2D eigenvalue weighted by Gasteiger charge is -2.10. The van der Waals surface area contributed by atoms with Crippen LogP contribution in [0.15, 0.2) is 33.2 Å². The summed E-state index contributed by atoms with van der Waals surface area (Å²) in [4.78, 5) is 41.5. The van der Waals surface area contributed by atoms with Crippen molar-refractivity contribution in [1.29, 1.82) is 0 Å². The molecule has 3 aromatic heterocycles. The van der Waals surface area contributed by atoms with Gasteiger partial charge in [0.2, 0.25) is 5.91 Å². The number of amides is 1. The molecule has 4 aromatic rings. The van der Waals surface area contributed by atoms with Crippen molar-refractivity contribution in [1.82, 2.24) is 18.5 Å². The Morgan fingerprint density at radius 1 is 1.21 bits per heavy atom. The summed E-state index contributed by atoms with van der Waals surface area (Å²) in [6.45, 7) is 0. The molecule has 0 saturated carbocycles. The maximum absolute atomic E-state index is 13.6. The lowest BCUT2D eigenvalue weighted by atomic mass is 10.1. The van der Waals surface area contributed by atoms with Crippen LogP contribution in [0.4, 0.5) is 22.7 Å². The van der Waals surface area contributed by atoms with Gasteiger partial charge in [-0.25, -0.2) is 14.2 Å². The minimum atomic E-state index is -5.06. The number of fused-ring (bicyclic) bond motifs is 1. The van der Waals surface area contributed by atoms with Gasteiger partial charge in [0.05, 0.1) is 23.2 Å². The first-order chi connectivity index (χ1) is 15.9. The third kappa shape index (κ3) is 4.56. The van der Waals surface area contributed by atoms with Crippen LogP contribution in [0.2, 0.25) is 0 Å². The fourth-order valence-electron chi connectivity index (χ4n) is 3.09. The molecule has 1 aromatic carbocycles. The molecule has 34 heavy (non-hydrogen) atoms. The highest BCUT2D eigenvalue weighted by molar-refractivity contribution is 7.14. The second-order valence-electron chi connectivity index (χ2n) is 6.97. The number of aromatic nitrogens is 4. The summed E-state index contributed by atoms with van der Waals surface area (Å²) in [5.41, 5.74) is -0.558. The number of rotatable bonds is 5. The molecule has 0 spiro atoms. The minimum Gasteiger partial charge on any atom is -0.403 e. The number of alkyl halides is 3. The molecule has 9 nitrogen and oxygen atoms in total. The number of carbonyl (C=O) groups excluding carboxylic acids is 1. The van der Waals surface area contributed by atoms with Crippen molar-refractivity contribution >= 4 is 44.1 Å². The van der Waals surface area contributed by atoms with Gasteiger partial charge < -0.3 is 10.1 Å². The summed E-state index contributed by atoms with van der Waals surface area (Å²) >= 11 is 1.91. The van der Waals surface area contributed by atoms with E-state index in [-0.39, 0.29) is 33.9 Å². The molecule has 0 aliphatic carbocycles. The van der Waals surface area contributed by atoms with Gasteiger partial charge in [0, 0.05) is 25.0 Å². The summed E-state index contributed by atoms with van der Waals surface area (Å²) in [5.74, 6) is -2.75. The third-order valence-electron chi connectivity index (χ3n) is 4.67. The van der Waals surface area contributed by atoms with E-state index in [1.807, 2.05) is 0 Å². The van der Waals surface area contributed by atoms with Gasteiger partial charge in [0.25, 0.3) is 5.56 Å². The van der Waals surface area contributed by atoms with Gasteiger partial charge in [-0.3, -0.25) is 18.7 Å². The average Bonchev–Trinajstić information content (AvgIpc) is 3.38. The molecular formula is C19H13F4N5O4S2. The maximum atomic E-state index is 13.6. The second kappa shape index (κ2) is 8.64. The molecular weight excluding hydrogens is 502 g/mol. The molecule has 1 N–H and O–H groups in total. The summed E-state index contributed by atoms with van der Waals surface area (Å²) in [5, 5.41) is 4.28. The predicted octanol–water partition coefficient (Wildman–Crippen LogP) is 3.04. The van der Waals surface area contributed by atoms with Crippen LogP contribution in [0, 0.1) is 5.82 Å². The molecule has 0 unspecified atom stereocenters. The zero-order chi connectivity index (χ0) is 24.8. The number of carbonyl (C=O) groups is 1. The molecule has 1 amide bonds. The zero-order valence-electron chi connectivity index (χ0n) is 17.3. The van der Waals surface area contributed by atoms with Crippen molar-refractivity contribution in [3.8, 4) is 17.0 Å². The highest BCUT2D eigenvalue weighted by Crippen LogP contribution is 2.32. The van der Waals surface area contributed by atoms with Crippen LogP contribution < -0.4 is 21.3 Å². The smallest absolute Gasteiger partial charge is 0.403 e. The van der Waals surface area contributed by atoms with E-state index in [1.54, 1.807) is 0 Å². The first-order valence-corrected chi connectivity index (χ1v) is 10.9. The summed E-state index contributed by atoms with van der Waals surface area (Å²) in [7, 11) is 2.81. The minimum absolute atomic E-state index is 0.127. The van der Waals surface area contributed by atoms with E-state index in [2.05, 4.69) is 19.4 Å². The number of aryl methyl sites for hydroxylation is 1. The van der Waals surface area contributed by atoms with E-state index in [4.69, 9.17) is 0 Å². The SMILES string of the molecule is Cn1c(=O)c2c(CC(=O)Nc3nc(-c4ccc(F)c(OC(F)(F)F)c4)cs3)nsc2n(C)c1=O. The summed E-state index contributed by atoms with van der Waals surface area (Å²) < 4.78 is 61.0. The van der Waals surface area contributed by atoms with E-state index >= 15 is 0 Å². The molecule has 15 heteroatoms. The van der Waals surface area contributed by atoms with Gasteiger partial charge >= 0.3 is 12.1 Å². The van der Waals surface area contributed by atoms with Gasteiger partial charge in [0.15, 0.2) is 16.7 Å². The van der Waals surface area contributed by atoms with Crippen molar-refractivity contribution in [3.05, 3.63) is 55.9 Å². The molecule has 0 atom stereocenters. The van der Waals surface area contributed by atoms with Gasteiger partial charge in [-0.1, -0.05) is 0 Å².